The number of aliphatic hydroxyl groups is 1. The zero-order chi connectivity index (χ0) is 7.98. The second kappa shape index (κ2) is 5.65. The average Bonchev–Trinajstić information content (AvgIpc) is 2.39. The van der Waals surface area contributed by atoms with E-state index in [1.165, 1.54) is 0 Å². The van der Waals surface area contributed by atoms with E-state index in [0.29, 0.717) is 13.2 Å². The molecule has 1 aliphatic heterocycles. The number of methoxy groups -OCH3 is 1. The van der Waals surface area contributed by atoms with Crippen molar-refractivity contribution in [2.75, 3.05) is 20.3 Å². The molecule has 0 aromatic heterocycles. The van der Waals surface area contributed by atoms with E-state index in [2.05, 4.69) is 0 Å². The van der Waals surface area contributed by atoms with Gasteiger partial charge in [-0.15, -0.1) is 0 Å². The fourth-order valence-electron chi connectivity index (χ4n) is 0.748. The van der Waals surface area contributed by atoms with Crippen LogP contribution in [0.4, 0.5) is 0 Å². The summed E-state index contributed by atoms with van der Waals surface area (Å²) in [7, 11) is 1.57. The molecule has 3 heteroatoms. The van der Waals surface area contributed by atoms with Crippen LogP contribution in [0.3, 0.4) is 0 Å². The summed E-state index contributed by atoms with van der Waals surface area (Å²) < 4.78 is 9.73. The van der Waals surface area contributed by atoms with E-state index >= 15 is 0 Å². The number of hydrogen-bond acceptors (Lipinski definition) is 3. The van der Waals surface area contributed by atoms with Gasteiger partial charge >= 0.3 is 0 Å². The third kappa shape index (κ3) is 2.64. The van der Waals surface area contributed by atoms with Gasteiger partial charge in [0.05, 0.1) is 13.2 Å². The first-order valence-corrected chi connectivity index (χ1v) is 3.63. The molecule has 0 bridgehead atoms. The average molecular weight is 148 g/mol. The predicted molar refractivity (Wildman–Crippen MR) is 39.0 cm³/mol. The van der Waals surface area contributed by atoms with Crippen molar-refractivity contribution in [2.45, 2.75) is 26.1 Å². The van der Waals surface area contributed by atoms with Crippen molar-refractivity contribution in [3.63, 3.8) is 0 Å². The van der Waals surface area contributed by atoms with Crippen LogP contribution in [0, 0.1) is 0 Å². The first kappa shape index (κ1) is 9.88. The molecule has 0 aliphatic carbocycles. The van der Waals surface area contributed by atoms with E-state index in [1.54, 1.807) is 7.11 Å². The molecule has 10 heavy (non-hydrogen) atoms. The third-order valence-corrected chi connectivity index (χ3v) is 1.30. The lowest BCUT2D eigenvalue weighted by molar-refractivity contribution is 0.0209. The molecule has 1 aliphatic rings. The van der Waals surface area contributed by atoms with Crippen LogP contribution in [-0.2, 0) is 9.47 Å². The molecule has 3 nitrogen and oxygen atoms in total. The quantitative estimate of drug-likeness (QED) is 0.585. The second-order valence-electron chi connectivity index (χ2n) is 1.88. The number of ether oxygens (including phenoxy) is 2. The molecule has 2 unspecified atom stereocenters. The highest BCUT2D eigenvalue weighted by Crippen LogP contribution is 2.07. The Morgan fingerprint density at radius 1 is 1.40 bits per heavy atom. The van der Waals surface area contributed by atoms with E-state index in [1.807, 2.05) is 13.8 Å². The molecule has 0 aromatic rings. The van der Waals surface area contributed by atoms with Crippen molar-refractivity contribution in [2.24, 2.45) is 0 Å². The normalized spacial score (nSPS) is 31.2. The Balaban J connectivity index is 0.000000371. The van der Waals surface area contributed by atoms with Gasteiger partial charge in [0, 0.05) is 7.11 Å². The largest absolute Gasteiger partial charge is 0.388 e. The minimum absolute atomic E-state index is 0.102. The molecule has 62 valence electrons. The first-order chi connectivity index (χ1) is 4.84. The second-order valence-corrected chi connectivity index (χ2v) is 1.88. The van der Waals surface area contributed by atoms with E-state index in [0.717, 1.165) is 0 Å². The fourth-order valence-corrected chi connectivity index (χ4v) is 0.748. The lowest BCUT2D eigenvalue weighted by atomic mass is 10.3. The van der Waals surface area contributed by atoms with E-state index in [9.17, 15) is 0 Å². The van der Waals surface area contributed by atoms with Gasteiger partial charge in [-0.05, 0) is 0 Å². The molecule has 1 saturated heterocycles. The predicted octanol–water partition coefficient (Wildman–Crippen LogP) is 0.419. The SMILES string of the molecule is CC.COC1COCC1O. The van der Waals surface area contributed by atoms with Gasteiger partial charge in [-0.25, -0.2) is 0 Å². The molecule has 1 N–H and O–H groups in total. The molecular weight excluding hydrogens is 132 g/mol. The Morgan fingerprint density at radius 2 is 2.00 bits per heavy atom. The van der Waals surface area contributed by atoms with Gasteiger partial charge in [-0.2, -0.15) is 0 Å². The molecule has 0 spiro atoms. The molecule has 1 fully saturated rings. The highest BCUT2D eigenvalue weighted by atomic mass is 16.6. The minimum atomic E-state index is -0.417. The van der Waals surface area contributed by atoms with Crippen molar-refractivity contribution in [3.8, 4) is 0 Å². The maximum atomic E-state index is 8.94. The summed E-state index contributed by atoms with van der Waals surface area (Å²) in [6.07, 6.45) is -0.519. The van der Waals surface area contributed by atoms with Crippen LogP contribution in [0.1, 0.15) is 13.8 Å². The highest BCUT2D eigenvalue weighted by Gasteiger charge is 2.25. The van der Waals surface area contributed by atoms with E-state index in [-0.39, 0.29) is 6.10 Å². The summed E-state index contributed by atoms with van der Waals surface area (Å²) in [5, 5.41) is 8.94. The van der Waals surface area contributed by atoms with Crippen molar-refractivity contribution < 1.29 is 14.6 Å². The van der Waals surface area contributed by atoms with Crippen molar-refractivity contribution in [3.05, 3.63) is 0 Å². The summed E-state index contributed by atoms with van der Waals surface area (Å²) in [5.74, 6) is 0. The maximum absolute atomic E-state index is 8.94. The van der Waals surface area contributed by atoms with Gasteiger partial charge in [-0.1, -0.05) is 13.8 Å². The van der Waals surface area contributed by atoms with Crippen LogP contribution in [0.25, 0.3) is 0 Å². The lowest BCUT2D eigenvalue weighted by Gasteiger charge is -2.07. The van der Waals surface area contributed by atoms with Gasteiger partial charge < -0.3 is 14.6 Å². The standard InChI is InChI=1S/C5H10O3.C2H6/c1-7-5-3-8-2-4(5)6;1-2/h4-6H,2-3H2,1H3;1-2H3. The van der Waals surface area contributed by atoms with Crippen LogP contribution < -0.4 is 0 Å². The Labute approximate surface area is 62.0 Å². The van der Waals surface area contributed by atoms with Crippen molar-refractivity contribution in [1.82, 2.24) is 0 Å². The van der Waals surface area contributed by atoms with Crippen LogP contribution >= 0.6 is 0 Å². The van der Waals surface area contributed by atoms with Gasteiger partial charge in [0.1, 0.15) is 12.2 Å². The topological polar surface area (TPSA) is 38.7 Å². The van der Waals surface area contributed by atoms with E-state index < -0.39 is 6.10 Å². The first-order valence-electron chi connectivity index (χ1n) is 3.63. The summed E-state index contributed by atoms with van der Waals surface area (Å²) in [6.45, 7) is 4.94. The Bertz CT molecular complexity index is 75.3. The molecule has 1 rings (SSSR count). The van der Waals surface area contributed by atoms with Gasteiger partial charge in [0.15, 0.2) is 0 Å². The maximum Gasteiger partial charge on any atom is 0.109 e. The molecule has 0 radical (unpaired) electrons. The highest BCUT2D eigenvalue weighted by molar-refractivity contribution is 4.73. The van der Waals surface area contributed by atoms with Crippen LogP contribution in [-0.4, -0.2) is 37.6 Å². The van der Waals surface area contributed by atoms with Gasteiger partial charge in [-0.3, -0.25) is 0 Å². The van der Waals surface area contributed by atoms with Crippen LogP contribution in [0.15, 0.2) is 0 Å². The van der Waals surface area contributed by atoms with Crippen molar-refractivity contribution >= 4 is 0 Å². The summed E-state index contributed by atoms with van der Waals surface area (Å²) >= 11 is 0. The summed E-state index contributed by atoms with van der Waals surface area (Å²) in [5.41, 5.74) is 0. The Kier molecular flexibility index (Phi) is 5.58. The number of rotatable bonds is 1. The smallest absolute Gasteiger partial charge is 0.109 e. The zero-order valence-electron chi connectivity index (χ0n) is 6.83. The summed E-state index contributed by atoms with van der Waals surface area (Å²) in [6, 6.07) is 0. The molecular formula is C7H16O3. The fraction of sp³-hybridized carbons (Fsp3) is 1.00. The van der Waals surface area contributed by atoms with Gasteiger partial charge in [0.2, 0.25) is 0 Å². The van der Waals surface area contributed by atoms with Crippen LogP contribution in [0.2, 0.25) is 0 Å². The number of aliphatic hydroxyl groups excluding tert-OH is 1. The minimum Gasteiger partial charge on any atom is -0.388 e. The zero-order valence-corrected chi connectivity index (χ0v) is 6.83. The summed E-state index contributed by atoms with van der Waals surface area (Å²) in [4.78, 5) is 0. The van der Waals surface area contributed by atoms with E-state index in [4.69, 9.17) is 14.6 Å². The monoisotopic (exact) mass is 148 g/mol. The van der Waals surface area contributed by atoms with Crippen molar-refractivity contribution in [1.29, 1.82) is 0 Å². The Hall–Kier alpha value is -0.120. The number of hydrogen-bond donors (Lipinski definition) is 1. The van der Waals surface area contributed by atoms with Crippen LogP contribution in [0.5, 0.6) is 0 Å². The molecule has 0 aromatic carbocycles. The lowest BCUT2D eigenvalue weighted by Crippen LogP contribution is -2.25. The Morgan fingerprint density at radius 3 is 2.20 bits per heavy atom. The molecule has 0 amide bonds. The molecule has 0 saturated carbocycles. The molecule has 2 atom stereocenters. The van der Waals surface area contributed by atoms with Gasteiger partial charge in [0.25, 0.3) is 0 Å². The third-order valence-electron chi connectivity index (χ3n) is 1.30. The molecule has 1 heterocycles.